The van der Waals surface area contributed by atoms with Crippen molar-refractivity contribution in [2.45, 2.75) is 24.3 Å². The van der Waals surface area contributed by atoms with Crippen molar-refractivity contribution in [3.05, 3.63) is 6.20 Å². The molecule has 0 amide bonds. The summed E-state index contributed by atoms with van der Waals surface area (Å²) in [4.78, 5) is 0.0711. The lowest BCUT2D eigenvalue weighted by molar-refractivity contribution is -0.00276. The molecule has 8 heteroatoms. The molecule has 0 saturated carbocycles. The van der Waals surface area contributed by atoms with E-state index >= 15 is 0 Å². The number of nitrogens with two attached hydrogens (primary N) is 1. The fraction of sp³-hybridized carbons (Fsp3) is 0.700. The summed E-state index contributed by atoms with van der Waals surface area (Å²) in [7, 11) is -1.93. The Morgan fingerprint density at radius 2 is 2.33 bits per heavy atom. The Kier molecular flexibility index (Phi) is 3.60. The zero-order valence-electron chi connectivity index (χ0n) is 10.5. The number of aromatic nitrogens is 2. The van der Waals surface area contributed by atoms with Crippen LogP contribution < -0.4 is 5.73 Å². The molecule has 0 aromatic carbocycles. The van der Waals surface area contributed by atoms with Gasteiger partial charge in [-0.3, -0.25) is 4.68 Å². The summed E-state index contributed by atoms with van der Waals surface area (Å²) < 4.78 is 33.1. The van der Waals surface area contributed by atoms with Crippen LogP contribution in [0.2, 0.25) is 0 Å². The topological polar surface area (TPSA) is 90.5 Å². The summed E-state index contributed by atoms with van der Waals surface area (Å²) in [5, 5.41) is 3.87. The van der Waals surface area contributed by atoms with Crippen molar-refractivity contribution in [2.75, 3.05) is 25.4 Å². The summed E-state index contributed by atoms with van der Waals surface area (Å²) in [6, 6.07) is 0. The first kappa shape index (κ1) is 13.3. The van der Waals surface area contributed by atoms with Crippen LogP contribution in [0.3, 0.4) is 0 Å². The molecule has 0 aliphatic carbocycles. The van der Waals surface area contributed by atoms with Gasteiger partial charge in [0.1, 0.15) is 4.90 Å². The molecule has 0 spiro atoms. The maximum Gasteiger partial charge on any atom is 0.248 e. The summed E-state index contributed by atoms with van der Waals surface area (Å²) >= 11 is 0. The first-order valence-electron chi connectivity index (χ1n) is 5.86. The predicted molar refractivity (Wildman–Crippen MR) is 66.4 cm³/mol. The van der Waals surface area contributed by atoms with Gasteiger partial charge in [0.2, 0.25) is 10.0 Å². The summed E-state index contributed by atoms with van der Waals surface area (Å²) in [5.74, 6) is 0.0389. The monoisotopic (exact) mass is 274 g/mol. The molecule has 0 bridgehead atoms. The van der Waals surface area contributed by atoms with Crippen LogP contribution in [0, 0.1) is 0 Å². The zero-order chi connectivity index (χ0) is 13.3. The van der Waals surface area contributed by atoms with Crippen molar-refractivity contribution >= 4 is 15.8 Å². The first-order chi connectivity index (χ1) is 8.45. The zero-order valence-corrected chi connectivity index (χ0v) is 11.4. The Balaban J connectivity index is 2.28. The standard InChI is InChI=1S/C10H18N4O3S/c1-3-8-6-14(4-5-17-8)18(15,16)9-7-13(2)12-10(9)11/h7-8H,3-6H2,1-2H3,(H2,11,12). The third-order valence-corrected chi connectivity index (χ3v) is 4.88. The molecule has 1 atom stereocenters. The Hall–Kier alpha value is -1.12. The molecular weight excluding hydrogens is 256 g/mol. The number of hydrogen-bond acceptors (Lipinski definition) is 5. The SMILES string of the molecule is CCC1CN(S(=O)(=O)c2cn(C)nc2N)CCO1. The maximum absolute atomic E-state index is 12.4. The van der Waals surface area contributed by atoms with E-state index in [4.69, 9.17) is 10.5 Å². The molecular formula is C10H18N4O3S. The Morgan fingerprint density at radius 3 is 2.89 bits per heavy atom. The number of nitrogens with zero attached hydrogens (tertiary/aromatic N) is 3. The van der Waals surface area contributed by atoms with Crippen LogP contribution in [0.4, 0.5) is 5.82 Å². The van der Waals surface area contributed by atoms with E-state index in [9.17, 15) is 8.42 Å². The number of rotatable bonds is 3. The van der Waals surface area contributed by atoms with E-state index < -0.39 is 10.0 Å². The van der Waals surface area contributed by atoms with Gasteiger partial charge < -0.3 is 10.5 Å². The van der Waals surface area contributed by atoms with Crippen LogP contribution in [0.5, 0.6) is 0 Å². The van der Waals surface area contributed by atoms with E-state index in [0.29, 0.717) is 19.7 Å². The highest BCUT2D eigenvalue weighted by Gasteiger charge is 2.32. The molecule has 1 aliphatic rings. The number of nitrogen functional groups attached to an aromatic ring is 1. The van der Waals surface area contributed by atoms with Gasteiger partial charge >= 0.3 is 0 Å². The number of anilines is 1. The van der Waals surface area contributed by atoms with E-state index in [2.05, 4.69) is 5.10 Å². The first-order valence-corrected chi connectivity index (χ1v) is 7.30. The van der Waals surface area contributed by atoms with E-state index in [0.717, 1.165) is 6.42 Å². The van der Waals surface area contributed by atoms with Gasteiger partial charge in [-0.2, -0.15) is 9.40 Å². The fourth-order valence-corrected chi connectivity index (χ4v) is 3.53. The third kappa shape index (κ3) is 2.36. The second-order valence-corrected chi connectivity index (χ2v) is 6.22. The van der Waals surface area contributed by atoms with Gasteiger partial charge in [-0.05, 0) is 6.42 Å². The van der Waals surface area contributed by atoms with Crippen LogP contribution in [0.25, 0.3) is 0 Å². The fourth-order valence-electron chi connectivity index (χ4n) is 1.98. The van der Waals surface area contributed by atoms with Crippen molar-refractivity contribution in [1.82, 2.24) is 14.1 Å². The van der Waals surface area contributed by atoms with Crippen LogP contribution in [0.1, 0.15) is 13.3 Å². The molecule has 102 valence electrons. The smallest absolute Gasteiger partial charge is 0.248 e. The van der Waals surface area contributed by atoms with E-state index in [-0.39, 0.29) is 16.8 Å². The largest absolute Gasteiger partial charge is 0.381 e. The van der Waals surface area contributed by atoms with Crippen molar-refractivity contribution in [1.29, 1.82) is 0 Å². The average molecular weight is 274 g/mol. The third-order valence-electron chi connectivity index (χ3n) is 3.00. The molecule has 18 heavy (non-hydrogen) atoms. The summed E-state index contributed by atoms with van der Waals surface area (Å²) in [5.41, 5.74) is 5.63. The molecule has 1 aromatic rings. The molecule has 1 fully saturated rings. The van der Waals surface area contributed by atoms with Gasteiger partial charge in [0.05, 0.1) is 12.7 Å². The van der Waals surface area contributed by atoms with Gasteiger partial charge in [0, 0.05) is 26.3 Å². The second-order valence-electron chi connectivity index (χ2n) is 4.32. The Labute approximate surface area is 107 Å². The minimum atomic E-state index is -3.57. The predicted octanol–water partition coefficient (Wildman–Crippen LogP) is -0.198. The number of aryl methyl sites for hydroxylation is 1. The van der Waals surface area contributed by atoms with Gasteiger partial charge in [-0.15, -0.1) is 0 Å². The minimum absolute atomic E-state index is 0.0389. The van der Waals surface area contributed by atoms with E-state index in [1.165, 1.54) is 15.2 Å². The lowest BCUT2D eigenvalue weighted by Crippen LogP contribution is -2.45. The van der Waals surface area contributed by atoms with Crippen LogP contribution >= 0.6 is 0 Å². The van der Waals surface area contributed by atoms with Gasteiger partial charge in [0.25, 0.3) is 0 Å². The second kappa shape index (κ2) is 4.87. The van der Waals surface area contributed by atoms with Gasteiger partial charge in [-0.25, -0.2) is 8.42 Å². The van der Waals surface area contributed by atoms with Crippen molar-refractivity contribution in [3.8, 4) is 0 Å². The highest BCUT2D eigenvalue weighted by molar-refractivity contribution is 7.89. The maximum atomic E-state index is 12.4. The van der Waals surface area contributed by atoms with Crippen molar-refractivity contribution < 1.29 is 13.2 Å². The highest BCUT2D eigenvalue weighted by atomic mass is 32.2. The van der Waals surface area contributed by atoms with Crippen LogP contribution in [0.15, 0.2) is 11.1 Å². The molecule has 1 saturated heterocycles. The Morgan fingerprint density at radius 1 is 1.61 bits per heavy atom. The quantitative estimate of drug-likeness (QED) is 0.824. The number of hydrogen-bond donors (Lipinski definition) is 1. The Bertz CT molecular complexity index is 525. The molecule has 1 aromatic heterocycles. The number of morpholine rings is 1. The molecule has 0 radical (unpaired) electrons. The van der Waals surface area contributed by atoms with E-state index in [1.807, 2.05) is 6.92 Å². The van der Waals surface area contributed by atoms with E-state index in [1.54, 1.807) is 7.05 Å². The number of sulfonamides is 1. The molecule has 1 unspecified atom stereocenters. The number of ether oxygens (including phenoxy) is 1. The van der Waals surface area contributed by atoms with Crippen molar-refractivity contribution in [3.63, 3.8) is 0 Å². The molecule has 2 heterocycles. The molecule has 1 aliphatic heterocycles. The molecule has 2 rings (SSSR count). The lowest BCUT2D eigenvalue weighted by atomic mass is 10.2. The van der Waals surface area contributed by atoms with Crippen LogP contribution in [-0.4, -0.2) is 48.3 Å². The van der Waals surface area contributed by atoms with Crippen LogP contribution in [-0.2, 0) is 21.8 Å². The average Bonchev–Trinajstić information content (AvgIpc) is 2.69. The summed E-state index contributed by atoms with van der Waals surface area (Å²) in [6.45, 7) is 3.11. The lowest BCUT2D eigenvalue weighted by Gasteiger charge is -2.31. The molecule has 7 nitrogen and oxygen atoms in total. The normalized spacial score (nSPS) is 22.2. The minimum Gasteiger partial charge on any atom is -0.381 e. The highest BCUT2D eigenvalue weighted by Crippen LogP contribution is 2.23. The summed E-state index contributed by atoms with van der Waals surface area (Å²) in [6.07, 6.45) is 2.17. The molecule has 2 N–H and O–H groups in total. The van der Waals surface area contributed by atoms with Gasteiger partial charge in [-0.1, -0.05) is 6.92 Å². The van der Waals surface area contributed by atoms with Gasteiger partial charge in [0.15, 0.2) is 5.82 Å². The van der Waals surface area contributed by atoms with Crippen molar-refractivity contribution in [2.24, 2.45) is 7.05 Å².